The lowest BCUT2D eigenvalue weighted by molar-refractivity contribution is -0.138. The van der Waals surface area contributed by atoms with Gasteiger partial charge >= 0.3 is 0 Å². The van der Waals surface area contributed by atoms with Crippen LogP contribution in [0.4, 0.5) is 0 Å². The van der Waals surface area contributed by atoms with Crippen molar-refractivity contribution in [3.63, 3.8) is 0 Å². The van der Waals surface area contributed by atoms with Gasteiger partial charge in [-0.1, -0.05) is 50.3 Å². The summed E-state index contributed by atoms with van der Waals surface area (Å²) in [4.78, 5) is 27.5. The van der Waals surface area contributed by atoms with Crippen LogP contribution in [0.3, 0.4) is 0 Å². The van der Waals surface area contributed by atoms with E-state index in [1.807, 2.05) is 24.1 Å². The Balaban J connectivity index is 1.17. The number of nitrogens with zero attached hydrogens (tertiary/aromatic N) is 1. The average molecular weight is 447 g/mol. The highest BCUT2D eigenvalue weighted by Crippen LogP contribution is 2.64. The molecule has 1 aromatic rings. The fraction of sp³-hybridized carbons (Fsp3) is 0.655. The van der Waals surface area contributed by atoms with Gasteiger partial charge in [-0.2, -0.15) is 0 Å². The number of hydrogen-bond donors (Lipinski definition) is 1. The highest BCUT2D eigenvalue weighted by molar-refractivity contribution is 5.89. The first-order chi connectivity index (χ1) is 15.8. The van der Waals surface area contributed by atoms with Gasteiger partial charge in [0.25, 0.3) is 0 Å². The normalized spacial score (nSPS) is 45.7. The highest BCUT2D eigenvalue weighted by Gasteiger charge is 2.61. The zero-order chi connectivity index (χ0) is 23.0. The van der Waals surface area contributed by atoms with Crippen LogP contribution in [-0.2, 0) is 9.59 Å². The third kappa shape index (κ3) is 3.15. The topological polar surface area (TPSA) is 49.4 Å². The van der Waals surface area contributed by atoms with Crippen LogP contribution in [0.1, 0.15) is 70.3 Å². The van der Waals surface area contributed by atoms with E-state index in [9.17, 15) is 9.59 Å². The molecule has 5 aliphatic rings. The second-order valence-electron chi connectivity index (χ2n) is 12.2. The maximum atomic E-state index is 13.2. The molecule has 0 bridgehead atoms. The number of nitrogens with one attached hydrogen (secondary N) is 1. The Kier molecular flexibility index (Phi) is 4.84. The van der Waals surface area contributed by atoms with E-state index >= 15 is 0 Å². The number of benzene rings is 1. The Morgan fingerprint density at radius 1 is 1.03 bits per heavy atom. The van der Waals surface area contributed by atoms with Crippen LogP contribution in [0.25, 0.3) is 0 Å². The third-order valence-electron chi connectivity index (χ3n) is 10.8. The lowest BCUT2D eigenvalue weighted by Crippen LogP contribution is -2.60. The largest absolute Gasteiger partial charge is 0.353 e. The summed E-state index contributed by atoms with van der Waals surface area (Å²) in [6, 6.07) is 11.2. The number of rotatable bonds is 3. The molecule has 4 fully saturated rings. The van der Waals surface area contributed by atoms with E-state index in [1.54, 1.807) is 0 Å². The molecule has 2 unspecified atom stereocenters. The standard InChI is InChI=1S/C29H38N2O2/c1-28-15-13-23-19(9-12-25-29(23,2)16-14-26(32)31(25)3)22(28)10-11-24(28)30-27(33)21-17-20(21)18-7-5-4-6-8-18/h4-8,14,16,19-25H,9-13,15,17H2,1-3H3,(H,30,33)/t19-,20?,21?,22-,23-,24-,25+,28-,29+/m0/s1. The van der Waals surface area contributed by atoms with Gasteiger partial charge in [-0.25, -0.2) is 0 Å². The predicted molar refractivity (Wildman–Crippen MR) is 129 cm³/mol. The van der Waals surface area contributed by atoms with Crippen molar-refractivity contribution in [1.29, 1.82) is 0 Å². The second-order valence-corrected chi connectivity index (χ2v) is 12.2. The minimum absolute atomic E-state index is 0.0885. The lowest BCUT2D eigenvalue weighted by Gasteiger charge is -2.60. The molecule has 176 valence electrons. The van der Waals surface area contributed by atoms with Crippen LogP contribution in [0.15, 0.2) is 42.5 Å². The Morgan fingerprint density at radius 3 is 2.61 bits per heavy atom. The van der Waals surface area contributed by atoms with Crippen LogP contribution in [0, 0.1) is 34.5 Å². The fourth-order valence-electron chi connectivity index (χ4n) is 8.81. The molecule has 1 heterocycles. The number of fused-ring (bicyclic) bond motifs is 5. The van der Waals surface area contributed by atoms with E-state index in [4.69, 9.17) is 0 Å². The summed E-state index contributed by atoms with van der Waals surface area (Å²) in [5.41, 5.74) is 1.60. The van der Waals surface area contributed by atoms with Gasteiger partial charge in [0.05, 0.1) is 0 Å². The summed E-state index contributed by atoms with van der Waals surface area (Å²) < 4.78 is 0. The molecule has 0 aromatic heterocycles. The van der Waals surface area contributed by atoms with Crippen molar-refractivity contribution >= 4 is 11.8 Å². The lowest BCUT2D eigenvalue weighted by atomic mass is 9.48. The van der Waals surface area contributed by atoms with Gasteiger partial charge in [0.15, 0.2) is 0 Å². The van der Waals surface area contributed by atoms with Gasteiger partial charge in [0, 0.05) is 30.5 Å². The first kappa shape index (κ1) is 21.4. The molecule has 0 spiro atoms. The quantitative estimate of drug-likeness (QED) is 0.717. The molecule has 4 aliphatic carbocycles. The van der Waals surface area contributed by atoms with Crippen molar-refractivity contribution in [2.24, 2.45) is 34.5 Å². The van der Waals surface area contributed by atoms with Gasteiger partial charge in [0.1, 0.15) is 0 Å². The summed E-state index contributed by atoms with van der Waals surface area (Å²) in [5, 5.41) is 3.55. The molecule has 1 aromatic carbocycles. The molecule has 0 radical (unpaired) electrons. The second kappa shape index (κ2) is 7.45. The maximum absolute atomic E-state index is 13.2. The van der Waals surface area contributed by atoms with Crippen molar-refractivity contribution in [2.45, 2.75) is 76.8 Å². The highest BCUT2D eigenvalue weighted by atomic mass is 16.2. The van der Waals surface area contributed by atoms with Crippen LogP contribution >= 0.6 is 0 Å². The first-order valence-corrected chi connectivity index (χ1v) is 13.1. The average Bonchev–Trinajstić information content (AvgIpc) is 3.55. The molecular formula is C29H38N2O2. The number of carbonyl (C=O) groups is 2. The molecule has 4 nitrogen and oxygen atoms in total. The zero-order valence-corrected chi connectivity index (χ0v) is 20.3. The van der Waals surface area contributed by atoms with E-state index in [0.29, 0.717) is 35.8 Å². The van der Waals surface area contributed by atoms with Gasteiger partial charge in [-0.15, -0.1) is 0 Å². The van der Waals surface area contributed by atoms with Gasteiger partial charge in [0.2, 0.25) is 11.8 Å². The molecule has 2 amide bonds. The Bertz CT molecular complexity index is 989. The van der Waals surface area contributed by atoms with Crippen LogP contribution in [-0.4, -0.2) is 35.8 Å². The first-order valence-electron chi connectivity index (χ1n) is 13.1. The van der Waals surface area contributed by atoms with E-state index < -0.39 is 0 Å². The van der Waals surface area contributed by atoms with E-state index in [0.717, 1.165) is 19.3 Å². The van der Waals surface area contributed by atoms with E-state index in [-0.39, 0.29) is 28.6 Å². The van der Waals surface area contributed by atoms with Gasteiger partial charge in [-0.3, -0.25) is 9.59 Å². The zero-order valence-electron chi connectivity index (χ0n) is 20.3. The molecule has 1 N–H and O–H groups in total. The molecule has 0 saturated heterocycles. The smallest absolute Gasteiger partial charge is 0.246 e. The van der Waals surface area contributed by atoms with Crippen LogP contribution < -0.4 is 5.32 Å². The molecule has 6 rings (SSSR count). The Hall–Kier alpha value is -2.10. The third-order valence-corrected chi connectivity index (χ3v) is 10.8. The van der Waals surface area contributed by atoms with Crippen LogP contribution in [0.2, 0.25) is 0 Å². The van der Waals surface area contributed by atoms with E-state index in [2.05, 4.69) is 49.5 Å². The Morgan fingerprint density at radius 2 is 1.82 bits per heavy atom. The molecule has 4 saturated carbocycles. The van der Waals surface area contributed by atoms with Crippen LogP contribution in [0.5, 0.6) is 0 Å². The molecular weight excluding hydrogens is 408 g/mol. The van der Waals surface area contributed by atoms with E-state index in [1.165, 1.54) is 31.2 Å². The van der Waals surface area contributed by atoms with Crippen molar-refractivity contribution in [3.05, 3.63) is 48.0 Å². The van der Waals surface area contributed by atoms with Gasteiger partial charge < -0.3 is 10.2 Å². The predicted octanol–water partition coefficient (Wildman–Crippen LogP) is 4.91. The summed E-state index contributed by atoms with van der Waals surface area (Å²) in [6.45, 7) is 4.87. The monoisotopic (exact) mass is 446 g/mol. The SMILES string of the molecule is CN1C(=O)C=C[C@]2(C)[C@H]3CC[C@]4(C)[C@@H](NC(=O)C5CC5c5ccccc5)CC[C@H]4[C@@H]3CC[C@@H]12. The van der Waals surface area contributed by atoms with Crippen molar-refractivity contribution in [2.75, 3.05) is 7.05 Å². The Labute approximate surface area is 198 Å². The molecule has 1 aliphatic heterocycles. The minimum Gasteiger partial charge on any atom is -0.353 e. The molecule has 4 heteroatoms. The number of hydrogen-bond acceptors (Lipinski definition) is 2. The molecule has 33 heavy (non-hydrogen) atoms. The number of carbonyl (C=O) groups excluding carboxylic acids is 2. The maximum Gasteiger partial charge on any atom is 0.246 e. The number of likely N-dealkylation sites (N-methyl/N-ethyl adjacent to an activating group) is 1. The van der Waals surface area contributed by atoms with Crippen molar-refractivity contribution < 1.29 is 9.59 Å². The minimum atomic E-state index is 0.0885. The summed E-state index contributed by atoms with van der Waals surface area (Å²) in [6.07, 6.45) is 12.1. The summed E-state index contributed by atoms with van der Waals surface area (Å²) in [7, 11) is 1.99. The van der Waals surface area contributed by atoms with Crippen molar-refractivity contribution in [3.8, 4) is 0 Å². The summed E-state index contributed by atoms with van der Waals surface area (Å²) in [5.74, 6) is 3.02. The van der Waals surface area contributed by atoms with Crippen molar-refractivity contribution in [1.82, 2.24) is 10.2 Å². The summed E-state index contributed by atoms with van der Waals surface area (Å²) >= 11 is 0. The number of amides is 2. The molecule has 9 atom stereocenters. The van der Waals surface area contributed by atoms with Gasteiger partial charge in [-0.05, 0) is 85.7 Å². The fourth-order valence-corrected chi connectivity index (χ4v) is 8.81.